The maximum Gasteiger partial charge on any atom is 0.230 e. The van der Waals surface area contributed by atoms with Crippen molar-refractivity contribution < 1.29 is 4.74 Å². The van der Waals surface area contributed by atoms with E-state index in [2.05, 4.69) is 36.2 Å². The van der Waals surface area contributed by atoms with Gasteiger partial charge in [0.25, 0.3) is 0 Å². The Bertz CT molecular complexity index is 864. The van der Waals surface area contributed by atoms with Crippen LogP contribution in [0.1, 0.15) is 12.1 Å². The lowest BCUT2D eigenvalue weighted by Crippen LogP contribution is -2.30. The predicted octanol–water partition coefficient (Wildman–Crippen LogP) is 2.28. The summed E-state index contributed by atoms with van der Waals surface area (Å²) in [6.07, 6.45) is 4.19. The molecule has 5 N–H and O–H groups in total. The molecule has 142 valence electrons. The van der Waals surface area contributed by atoms with Gasteiger partial charge in [0.2, 0.25) is 5.95 Å². The van der Waals surface area contributed by atoms with Crippen LogP contribution in [0, 0.1) is 12.3 Å². The zero-order chi connectivity index (χ0) is 19.2. The normalized spacial score (nSPS) is 15.5. The molecule has 1 saturated heterocycles. The van der Waals surface area contributed by atoms with E-state index in [4.69, 9.17) is 10.1 Å². The number of pyridine rings is 1. The summed E-state index contributed by atoms with van der Waals surface area (Å²) in [5.74, 6) is 2.37. The van der Waals surface area contributed by atoms with Crippen molar-refractivity contribution in [2.75, 3.05) is 43.2 Å². The highest BCUT2D eigenvalue weighted by molar-refractivity contribution is 5.99. The highest BCUT2D eigenvalue weighted by Gasteiger charge is 2.12. The van der Waals surface area contributed by atoms with Crippen LogP contribution in [0.15, 0.2) is 30.1 Å². The highest BCUT2D eigenvalue weighted by Crippen LogP contribution is 2.27. The lowest BCUT2D eigenvalue weighted by molar-refractivity contribution is 0.415. The van der Waals surface area contributed by atoms with Gasteiger partial charge < -0.3 is 31.4 Å². The molecule has 2 aromatic rings. The van der Waals surface area contributed by atoms with Gasteiger partial charge in [0.05, 0.1) is 19.0 Å². The van der Waals surface area contributed by atoms with E-state index in [1.165, 1.54) is 0 Å². The molecule has 3 heterocycles. The van der Waals surface area contributed by atoms with Gasteiger partial charge in [0.1, 0.15) is 11.6 Å². The number of ether oxygens (including phenoxy) is 1. The second-order valence-corrected chi connectivity index (χ2v) is 6.08. The molecule has 27 heavy (non-hydrogen) atoms. The Kier molecular flexibility index (Phi) is 5.82. The molecule has 1 aliphatic rings. The Balaban J connectivity index is 1.82. The maximum absolute atomic E-state index is 8.03. The minimum atomic E-state index is 0.458. The van der Waals surface area contributed by atoms with E-state index in [0.717, 1.165) is 35.7 Å². The number of nitrogens with one attached hydrogen (secondary N) is 5. The van der Waals surface area contributed by atoms with Crippen LogP contribution in [0.3, 0.4) is 0 Å². The number of piperidine rings is 1. The average molecular weight is 368 g/mol. The molecule has 9 heteroatoms. The standard InChI is InChI=1S/C18H24N8O/c1-11-6-16(20-2)25-18(24-11)26-17-7-14(15(27-3)10-23-17)22-9-12-8-21-5-4-13(12)19/h6-7,9-10,19,21H,4-5,8H2,1-3H3,(H3,20,22,23,24,25,26)/b12-9-,19-13?. The van der Waals surface area contributed by atoms with E-state index in [9.17, 15) is 0 Å². The quantitative estimate of drug-likeness (QED) is 0.527. The van der Waals surface area contributed by atoms with Crippen molar-refractivity contribution >= 4 is 29.0 Å². The molecule has 0 aliphatic carbocycles. The molecule has 1 aliphatic heterocycles. The van der Waals surface area contributed by atoms with Crippen molar-refractivity contribution in [3.63, 3.8) is 0 Å². The van der Waals surface area contributed by atoms with Crippen molar-refractivity contribution in [3.05, 3.63) is 35.8 Å². The summed E-state index contributed by atoms with van der Waals surface area (Å²) < 4.78 is 5.38. The van der Waals surface area contributed by atoms with Crippen LogP contribution >= 0.6 is 0 Å². The first-order valence-electron chi connectivity index (χ1n) is 8.67. The summed E-state index contributed by atoms with van der Waals surface area (Å²) in [6.45, 7) is 3.42. The number of hydrogen-bond donors (Lipinski definition) is 5. The average Bonchev–Trinajstić information content (AvgIpc) is 2.67. The number of rotatable bonds is 6. The topological polar surface area (TPSA) is 120 Å². The first kappa shape index (κ1) is 18.6. The zero-order valence-electron chi connectivity index (χ0n) is 15.7. The molecule has 0 amide bonds. The third-order valence-electron chi connectivity index (χ3n) is 4.09. The van der Waals surface area contributed by atoms with Gasteiger partial charge in [-0.05, 0) is 6.92 Å². The van der Waals surface area contributed by atoms with Crippen LogP contribution in [0.4, 0.5) is 23.3 Å². The molecule has 0 atom stereocenters. The Hall–Kier alpha value is -3.20. The monoisotopic (exact) mass is 368 g/mol. The summed E-state index contributed by atoms with van der Waals surface area (Å²) in [5.41, 5.74) is 3.15. The van der Waals surface area contributed by atoms with E-state index < -0.39 is 0 Å². The van der Waals surface area contributed by atoms with Crippen LogP contribution in [0.25, 0.3) is 0 Å². The van der Waals surface area contributed by atoms with Gasteiger partial charge in [-0.15, -0.1) is 0 Å². The van der Waals surface area contributed by atoms with Crippen molar-refractivity contribution in [1.29, 1.82) is 5.41 Å². The molecule has 1 fully saturated rings. The van der Waals surface area contributed by atoms with Gasteiger partial charge in [-0.1, -0.05) is 0 Å². The second kappa shape index (κ2) is 8.45. The molecule has 0 saturated carbocycles. The summed E-state index contributed by atoms with van der Waals surface area (Å²) in [5, 5.41) is 20.6. The van der Waals surface area contributed by atoms with E-state index in [1.807, 2.05) is 32.3 Å². The Labute approximate surface area is 158 Å². The number of hydrogen-bond acceptors (Lipinski definition) is 9. The second-order valence-electron chi connectivity index (χ2n) is 6.08. The third-order valence-corrected chi connectivity index (χ3v) is 4.09. The number of aromatic nitrogens is 3. The lowest BCUT2D eigenvalue weighted by Gasteiger charge is -2.17. The molecule has 0 aromatic carbocycles. The highest BCUT2D eigenvalue weighted by atomic mass is 16.5. The first-order chi connectivity index (χ1) is 13.1. The summed E-state index contributed by atoms with van der Waals surface area (Å²) in [7, 11) is 3.40. The van der Waals surface area contributed by atoms with Crippen molar-refractivity contribution in [2.45, 2.75) is 13.3 Å². The van der Waals surface area contributed by atoms with Crippen LogP contribution in [-0.4, -0.2) is 47.9 Å². The molecule has 2 aromatic heterocycles. The van der Waals surface area contributed by atoms with E-state index in [1.54, 1.807) is 13.3 Å². The fourth-order valence-corrected chi connectivity index (χ4v) is 2.66. The van der Waals surface area contributed by atoms with E-state index >= 15 is 0 Å². The lowest BCUT2D eigenvalue weighted by atomic mass is 10.1. The number of anilines is 4. The molecule has 0 spiro atoms. The Morgan fingerprint density at radius 2 is 2.11 bits per heavy atom. The van der Waals surface area contributed by atoms with Gasteiger partial charge in [-0.25, -0.2) is 9.97 Å². The first-order valence-corrected chi connectivity index (χ1v) is 8.67. The summed E-state index contributed by atoms with van der Waals surface area (Å²) in [6, 6.07) is 3.68. The van der Waals surface area contributed by atoms with Gasteiger partial charge in [0.15, 0.2) is 5.75 Å². The number of aryl methyl sites for hydroxylation is 1. The van der Waals surface area contributed by atoms with Gasteiger partial charge in [0, 0.05) is 61.9 Å². The Morgan fingerprint density at radius 1 is 1.26 bits per heavy atom. The van der Waals surface area contributed by atoms with Crippen LogP contribution in [0.5, 0.6) is 5.75 Å². The summed E-state index contributed by atoms with van der Waals surface area (Å²) >= 11 is 0. The molecule has 3 rings (SSSR count). The molecule has 0 radical (unpaired) electrons. The molecular weight excluding hydrogens is 344 g/mol. The van der Waals surface area contributed by atoms with Crippen molar-refractivity contribution in [3.8, 4) is 5.75 Å². The maximum atomic E-state index is 8.03. The largest absolute Gasteiger partial charge is 0.493 e. The van der Waals surface area contributed by atoms with Crippen LogP contribution in [0.2, 0.25) is 0 Å². The smallest absolute Gasteiger partial charge is 0.230 e. The molecule has 0 bridgehead atoms. The zero-order valence-corrected chi connectivity index (χ0v) is 15.7. The minimum Gasteiger partial charge on any atom is -0.493 e. The SMILES string of the molecule is CNc1cc(C)nc(Nc2cc(N/C=C3/CNCCC3=N)c(OC)cn2)n1. The number of methoxy groups -OCH3 is 1. The predicted molar refractivity (Wildman–Crippen MR) is 107 cm³/mol. The fraction of sp³-hybridized carbons (Fsp3) is 0.333. The van der Waals surface area contributed by atoms with Gasteiger partial charge in [-0.3, -0.25) is 0 Å². The minimum absolute atomic E-state index is 0.458. The summed E-state index contributed by atoms with van der Waals surface area (Å²) in [4.78, 5) is 13.1. The van der Waals surface area contributed by atoms with Gasteiger partial charge in [-0.2, -0.15) is 4.98 Å². The molecule has 9 nitrogen and oxygen atoms in total. The van der Waals surface area contributed by atoms with Crippen LogP contribution < -0.4 is 26.0 Å². The van der Waals surface area contributed by atoms with Crippen LogP contribution in [-0.2, 0) is 0 Å². The number of nitrogens with zero attached hydrogens (tertiary/aromatic N) is 3. The third kappa shape index (κ3) is 4.70. The van der Waals surface area contributed by atoms with E-state index in [-0.39, 0.29) is 0 Å². The van der Waals surface area contributed by atoms with E-state index in [0.29, 0.717) is 29.8 Å². The van der Waals surface area contributed by atoms with Crippen molar-refractivity contribution in [1.82, 2.24) is 20.3 Å². The Morgan fingerprint density at radius 3 is 2.85 bits per heavy atom. The fourth-order valence-electron chi connectivity index (χ4n) is 2.66. The molecule has 0 unspecified atom stereocenters. The molecular formula is C18H24N8O. The van der Waals surface area contributed by atoms with Gasteiger partial charge >= 0.3 is 0 Å². The van der Waals surface area contributed by atoms with Crippen molar-refractivity contribution in [2.24, 2.45) is 0 Å².